The second kappa shape index (κ2) is 8.44. The van der Waals surface area contributed by atoms with Gasteiger partial charge in [0.25, 0.3) is 5.91 Å². The Kier molecular flexibility index (Phi) is 6.30. The van der Waals surface area contributed by atoms with Crippen LogP contribution in [-0.2, 0) is 4.79 Å². The van der Waals surface area contributed by atoms with E-state index in [-0.39, 0.29) is 17.4 Å². The van der Waals surface area contributed by atoms with Gasteiger partial charge in [-0.3, -0.25) is 4.79 Å². The molecule has 0 spiro atoms. The molecule has 4 nitrogen and oxygen atoms in total. The Bertz CT molecular complexity index is 635. The Balaban J connectivity index is 2.05. The van der Waals surface area contributed by atoms with Crippen molar-refractivity contribution in [1.29, 1.82) is 5.26 Å². The average Bonchev–Trinajstić information content (AvgIpc) is 2.55. The van der Waals surface area contributed by atoms with Gasteiger partial charge in [-0.2, -0.15) is 14.0 Å². The lowest BCUT2D eigenvalue weighted by Gasteiger charge is -2.29. The van der Waals surface area contributed by atoms with Crippen LogP contribution >= 0.6 is 0 Å². The molecule has 1 saturated carbocycles. The van der Waals surface area contributed by atoms with Crippen LogP contribution in [0.15, 0.2) is 29.8 Å². The first kappa shape index (κ1) is 17.9. The zero-order valence-corrected chi connectivity index (χ0v) is 13.5. The Labute approximate surface area is 140 Å². The summed E-state index contributed by atoms with van der Waals surface area (Å²) in [7, 11) is 0. The fourth-order valence-electron chi connectivity index (χ4n) is 2.84. The van der Waals surface area contributed by atoms with Crippen molar-refractivity contribution in [3.05, 3.63) is 35.4 Å². The van der Waals surface area contributed by atoms with E-state index in [2.05, 4.69) is 17.0 Å². The van der Waals surface area contributed by atoms with Gasteiger partial charge in [0, 0.05) is 6.04 Å². The monoisotopic (exact) mass is 334 g/mol. The number of benzene rings is 1. The zero-order chi connectivity index (χ0) is 17.5. The summed E-state index contributed by atoms with van der Waals surface area (Å²) in [5.41, 5.74) is 0.565. The lowest BCUT2D eigenvalue weighted by atomic mass is 9.86. The van der Waals surface area contributed by atoms with Crippen molar-refractivity contribution in [2.75, 3.05) is 0 Å². The first-order valence-corrected chi connectivity index (χ1v) is 7.97. The minimum absolute atomic E-state index is 0.00435. The third-order valence-corrected chi connectivity index (χ3v) is 4.21. The van der Waals surface area contributed by atoms with Crippen molar-refractivity contribution in [2.45, 2.75) is 45.3 Å². The second-order valence-corrected chi connectivity index (χ2v) is 5.96. The number of halogens is 2. The number of amides is 1. The summed E-state index contributed by atoms with van der Waals surface area (Å²) < 4.78 is 28.5. The van der Waals surface area contributed by atoms with E-state index in [0.29, 0.717) is 11.5 Å². The van der Waals surface area contributed by atoms with Crippen LogP contribution in [0.3, 0.4) is 0 Å². The molecule has 0 unspecified atom stereocenters. The number of alkyl halides is 2. The molecule has 1 fully saturated rings. The quantitative estimate of drug-likeness (QED) is 0.656. The van der Waals surface area contributed by atoms with Crippen molar-refractivity contribution < 1.29 is 18.3 Å². The summed E-state index contributed by atoms with van der Waals surface area (Å²) in [5.74, 6) is 0.0266. The molecule has 1 N–H and O–H groups in total. The van der Waals surface area contributed by atoms with E-state index in [4.69, 9.17) is 0 Å². The van der Waals surface area contributed by atoms with Crippen LogP contribution in [-0.4, -0.2) is 18.6 Å². The normalized spacial score (nSPS) is 21.2. The standard InChI is InChI=1S/C18H20F2N2O2/c1-12-4-2-3-5-16(12)22-17(23)14(11-21)10-13-6-8-15(9-7-13)24-18(19)20/h6-10,12,16,18H,2-5H2,1H3,(H,22,23)/b14-10+/t12-,16+/m0/s1. The van der Waals surface area contributed by atoms with Gasteiger partial charge in [0.15, 0.2) is 0 Å². The average molecular weight is 334 g/mol. The van der Waals surface area contributed by atoms with Gasteiger partial charge in [-0.05, 0) is 42.5 Å². The maximum atomic E-state index is 12.3. The van der Waals surface area contributed by atoms with Gasteiger partial charge in [0.2, 0.25) is 0 Å². The first-order valence-electron chi connectivity index (χ1n) is 7.97. The highest BCUT2D eigenvalue weighted by atomic mass is 19.3. The molecule has 0 aliphatic heterocycles. The van der Waals surface area contributed by atoms with Gasteiger partial charge >= 0.3 is 6.61 Å². The topological polar surface area (TPSA) is 62.1 Å². The molecule has 2 atom stereocenters. The van der Waals surface area contributed by atoms with E-state index in [0.717, 1.165) is 19.3 Å². The molecule has 1 aliphatic carbocycles. The summed E-state index contributed by atoms with van der Waals surface area (Å²) in [6.45, 7) is -0.786. The number of nitrogens with one attached hydrogen (secondary N) is 1. The molecule has 128 valence electrons. The molecule has 1 aromatic carbocycles. The molecule has 0 bridgehead atoms. The van der Waals surface area contributed by atoms with Gasteiger partial charge in [-0.1, -0.05) is 31.9 Å². The second-order valence-electron chi connectivity index (χ2n) is 5.96. The Morgan fingerprint density at radius 2 is 2.00 bits per heavy atom. The number of hydrogen-bond acceptors (Lipinski definition) is 3. The number of rotatable bonds is 5. The Morgan fingerprint density at radius 3 is 2.58 bits per heavy atom. The van der Waals surface area contributed by atoms with Crippen LogP contribution < -0.4 is 10.1 Å². The van der Waals surface area contributed by atoms with E-state index in [9.17, 15) is 18.8 Å². The number of hydrogen-bond donors (Lipinski definition) is 1. The SMILES string of the molecule is C[C@H]1CCCC[C@H]1NC(=O)/C(C#N)=C/c1ccc(OC(F)F)cc1. The van der Waals surface area contributed by atoms with E-state index in [1.165, 1.54) is 36.8 Å². The number of carbonyl (C=O) groups is 1. The van der Waals surface area contributed by atoms with Gasteiger partial charge in [-0.15, -0.1) is 0 Å². The van der Waals surface area contributed by atoms with Gasteiger partial charge in [-0.25, -0.2) is 0 Å². The third-order valence-electron chi connectivity index (χ3n) is 4.21. The first-order chi connectivity index (χ1) is 11.5. The number of carbonyl (C=O) groups excluding carboxylic acids is 1. The maximum absolute atomic E-state index is 12.3. The van der Waals surface area contributed by atoms with E-state index < -0.39 is 12.5 Å². The summed E-state index contributed by atoms with van der Waals surface area (Å²) >= 11 is 0. The molecule has 1 aliphatic rings. The summed E-state index contributed by atoms with van der Waals surface area (Å²) in [5, 5.41) is 12.1. The van der Waals surface area contributed by atoms with Crippen LogP contribution in [0.5, 0.6) is 5.75 Å². The van der Waals surface area contributed by atoms with Crippen LogP contribution in [0.4, 0.5) is 8.78 Å². The summed E-state index contributed by atoms with van der Waals surface area (Å²) in [4.78, 5) is 12.3. The highest BCUT2D eigenvalue weighted by Gasteiger charge is 2.24. The summed E-state index contributed by atoms with van der Waals surface area (Å²) in [6.07, 6.45) is 5.68. The van der Waals surface area contributed by atoms with Crippen molar-refractivity contribution in [1.82, 2.24) is 5.32 Å². The lowest BCUT2D eigenvalue weighted by molar-refractivity contribution is -0.118. The molecule has 24 heavy (non-hydrogen) atoms. The maximum Gasteiger partial charge on any atom is 0.387 e. The number of nitrogens with zero attached hydrogens (tertiary/aromatic N) is 1. The van der Waals surface area contributed by atoms with Crippen molar-refractivity contribution in [2.24, 2.45) is 5.92 Å². The Morgan fingerprint density at radius 1 is 1.33 bits per heavy atom. The molecule has 0 aromatic heterocycles. The van der Waals surface area contributed by atoms with Crippen LogP contribution in [0.1, 0.15) is 38.2 Å². The summed E-state index contributed by atoms with van der Waals surface area (Å²) in [6, 6.07) is 7.76. The highest BCUT2D eigenvalue weighted by Crippen LogP contribution is 2.24. The van der Waals surface area contributed by atoms with E-state index in [1.54, 1.807) is 0 Å². The predicted octanol–water partition coefficient (Wildman–Crippen LogP) is 3.89. The fraction of sp³-hybridized carbons (Fsp3) is 0.444. The molecule has 6 heteroatoms. The van der Waals surface area contributed by atoms with Crippen LogP contribution in [0.25, 0.3) is 6.08 Å². The molecular weight excluding hydrogens is 314 g/mol. The number of ether oxygens (including phenoxy) is 1. The van der Waals surface area contributed by atoms with Gasteiger partial charge in [0.05, 0.1) is 0 Å². The molecule has 0 heterocycles. The van der Waals surface area contributed by atoms with Crippen molar-refractivity contribution >= 4 is 12.0 Å². The third kappa shape index (κ3) is 5.05. The smallest absolute Gasteiger partial charge is 0.387 e. The Hall–Kier alpha value is -2.42. The molecular formula is C18H20F2N2O2. The largest absolute Gasteiger partial charge is 0.435 e. The molecule has 1 amide bonds. The van der Waals surface area contributed by atoms with Crippen molar-refractivity contribution in [3.8, 4) is 11.8 Å². The lowest BCUT2D eigenvalue weighted by Crippen LogP contribution is -2.41. The highest BCUT2D eigenvalue weighted by molar-refractivity contribution is 6.01. The predicted molar refractivity (Wildman–Crippen MR) is 86.2 cm³/mol. The minimum Gasteiger partial charge on any atom is -0.435 e. The minimum atomic E-state index is -2.88. The van der Waals surface area contributed by atoms with E-state index in [1.807, 2.05) is 6.07 Å². The fourth-order valence-corrected chi connectivity index (χ4v) is 2.84. The van der Waals surface area contributed by atoms with E-state index >= 15 is 0 Å². The van der Waals surface area contributed by atoms with Crippen LogP contribution in [0.2, 0.25) is 0 Å². The molecule has 2 rings (SSSR count). The van der Waals surface area contributed by atoms with Gasteiger partial charge < -0.3 is 10.1 Å². The van der Waals surface area contributed by atoms with Crippen molar-refractivity contribution in [3.63, 3.8) is 0 Å². The molecule has 0 radical (unpaired) electrons. The molecule has 0 saturated heterocycles. The van der Waals surface area contributed by atoms with Gasteiger partial charge in [0.1, 0.15) is 17.4 Å². The number of nitriles is 1. The zero-order valence-electron chi connectivity index (χ0n) is 13.5. The molecule has 1 aromatic rings. The van der Waals surface area contributed by atoms with Crippen LogP contribution in [0, 0.1) is 17.2 Å².